The Morgan fingerprint density at radius 3 is 2.69 bits per heavy atom. The van der Waals surface area contributed by atoms with Gasteiger partial charge in [-0.2, -0.15) is 0 Å². The maximum Gasteiger partial charge on any atom is 0.221 e. The number of nitrogens with two attached hydrogens (primary N) is 1. The van der Waals surface area contributed by atoms with E-state index >= 15 is 0 Å². The van der Waals surface area contributed by atoms with Gasteiger partial charge in [-0.05, 0) is 13.6 Å². The van der Waals surface area contributed by atoms with E-state index in [0.717, 1.165) is 19.6 Å². The Hall–Kier alpha value is -0.610. The van der Waals surface area contributed by atoms with E-state index in [1.807, 2.05) is 6.92 Å². The van der Waals surface area contributed by atoms with Crippen LogP contribution < -0.4 is 11.1 Å². The fourth-order valence-corrected chi connectivity index (χ4v) is 0.847. The molecule has 0 saturated carbocycles. The van der Waals surface area contributed by atoms with Crippen molar-refractivity contribution in [1.82, 2.24) is 10.2 Å². The topological polar surface area (TPSA) is 58.4 Å². The number of hydrogen-bond donors (Lipinski definition) is 2. The van der Waals surface area contributed by atoms with E-state index in [9.17, 15) is 4.79 Å². The molecule has 0 aromatic carbocycles. The van der Waals surface area contributed by atoms with E-state index in [-0.39, 0.29) is 11.8 Å². The molecule has 0 heterocycles. The van der Waals surface area contributed by atoms with Gasteiger partial charge in [0.25, 0.3) is 0 Å². The molecule has 1 unspecified atom stereocenters. The van der Waals surface area contributed by atoms with Crippen molar-refractivity contribution < 1.29 is 4.79 Å². The first-order valence-corrected chi connectivity index (χ1v) is 4.76. The first-order valence-electron chi connectivity index (χ1n) is 4.76. The monoisotopic (exact) mass is 187 g/mol. The molecule has 1 atom stereocenters. The van der Waals surface area contributed by atoms with Crippen LogP contribution in [0.3, 0.4) is 0 Å². The van der Waals surface area contributed by atoms with Crippen molar-refractivity contribution in [2.75, 3.05) is 33.2 Å². The van der Waals surface area contributed by atoms with E-state index < -0.39 is 0 Å². The Balaban J connectivity index is 3.30. The van der Waals surface area contributed by atoms with Crippen molar-refractivity contribution in [3.8, 4) is 0 Å². The summed E-state index contributed by atoms with van der Waals surface area (Å²) in [5.74, 6) is -0.316. The summed E-state index contributed by atoms with van der Waals surface area (Å²) in [7, 11) is 2.07. The first-order chi connectivity index (χ1) is 6.07. The maximum absolute atomic E-state index is 10.7. The minimum absolute atomic E-state index is 0.0769. The van der Waals surface area contributed by atoms with Crippen LogP contribution in [0, 0.1) is 5.92 Å². The number of nitrogens with one attached hydrogen (secondary N) is 1. The Labute approximate surface area is 80.5 Å². The minimum Gasteiger partial charge on any atom is -0.369 e. The molecule has 0 radical (unpaired) electrons. The molecule has 0 aromatic rings. The molecule has 0 aliphatic carbocycles. The zero-order valence-electron chi connectivity index (χ0n) is 8.84. The summed E-state index contributed by atoms with van der Waals surface area (Å²) in [6.45, 7) is 7.58. The Morgan fingerprint density at radius 2 is 2.23 bits per heavy atom. The molecular weight excluding hydrogens is 166 g/mol. The number of nitrogens with zero attached hydrogens (tertiary/aromatic N) is 1. The van der Waals surface area contributed by atoms with Crippen molar-refractivity contribution in [3.63, 3.8) is 0 Å². The molecule has 1 amide bonds. The standard InChI is InChI=1S/C9H21N3O/c1-4-12(3)6-5-11-7-8(2)9(10)13/h8,11H,4-7H2,1-3H3,(H2,10,13). The van der Waals surface area contributed by atoms with Crippen molar-refractivity contribution in [2.45, 2.75) is 13.8 Å². The van der Waals surface area contributed by atoms with Gasteiger partial charge in [0.15, 0.2) is 0 Å². The van der Waals surface area contributed by atoms with Crippen LogP contribution in [0.25, 0.3) is 0 Å². The smallest absolute Gasteiger partial charge is 0.221 e. The summed E-state index contributed by atoms with van der Waals surface area (Å²) < 4.78 is 0. The molecule has 0 bridgehead atoms. The van der Waals surface area contributed by atoms with E-state index in [2.05, 4.69) is 24.2 Å². The molecule has 0 aliphatic rings. The van der Waals surface area contributed by atoms with E-state index in [4.69, 9.17) is 5.73 Å². The lowest BCUT2D eigenvalue weighted by atomic mass is 10.2. The summed E-state index contributed by atoms with van der Waals surface area (Å²) in [6, 6.07) is 0. The minimum atomic E-state index is -0.239. The SMILES string of the molecule is CCN(C)CCNCC(C)C(N)=O. The van der Waals surface area contributed by atoms with Gasteiger partial charge in [-0.3, -0.25) is 4.79 Å². The fourth-order valence-electron chi connectivity index (χ4n) is 0.847. The summed E-state index contributed by atoms with van der Waals surface area (Å²) in [5, 5.41) is 3.19. The van der Waals surface area contributed by atoms with Crippen LogP contribution in [0.1, 0.15) is 13.8 Å². The maximum atomic E-state index is 10.7. The van der Waals surface area contributed by atoms with E-state index in [0.29, 0.717) is 6.54 Å². The zero-order valence-corrected chi connectivity index (χ0v) is 8.84. The lowest BCUT2D eigenvalue weighted by Crippen LogP contribution is -2.35. The average molecular weight is 187 g/mol. The van der Waals surface area contributed by atoms with Crippen molar-refractivity contribution in [1.29, 1.82) is 0 Å². The van der Waals surface area contributed by atoms with Gasteiger partial charge in [-0.15, -0.1) is 0 Å². The third-order valence-corrected chi connectivity index (χ3v) is 2.15. The quantitative estimate of drug-likeness (QED) is 0.536. The van der Waals surface area contributed by atoms with Gasteiger partial charge in [-0.1, -0.05) is 13.8 Å². The summed E-state index contributed by atoms with van der Waals surface area (Å²) in [6.07, 6.45) is 0. The molecule has 78 valence electrons. The van der Waals surface area contributed by atoms with Crippen LogP contribution in [-0.2, 0) is 4.79 Å². The van der Waals surface area contributed by atoms with Gasteiger partial charge in [0.2, 0.25) is 5.91 Å². The Morgan fingerprint density at radius 1 is 1.62 bits per heavy atom. The third kappa shape index (κ3) is 6.54. The number of carbonyl (C=O) groups is 1. The number of primary amides is 1. The predicted molar refractivity (Wildman–Crippen MR) is 54.4 cm³/mol. The molecule has 4 nitrogen and oxygen atoms in total. The number of rotatable bonds is 7. The van der Waals surface area contributed by atoms with Gasteiger partial charge in [0.05, 0.1) is 0 Å². The van der Waals surface area contributed by atoms with Gasteiger partial charge in [0, 0.05) is 25.6 Å². The first kappa shape index (κ1) is 12.4. The summed E-state index contributed by atoms with van der Waals surface area (Å²) in [4.78, 5) is 12.9. The Kier molecular flexibility index (Phi) is 6.54. The molecule has 13 heavy (non-hydrogen) atoms. The number of carbonyl (C=O) groups excluding carboxylic acids is 1. The highest BCUT2D eigenvalue weighted by atomic mass is 16.1. The predicted octanol–water partition coefficient (Wildman–Crippen LogP) is -0.351. The highest BCUT2D eigenvalue weighted by Crippen LogP contribution is 1.88. The molecule has 0 aliphatic heterocycles. The van der Waals surface area contributed by atoms with E-state index in [1.54, 1.807) is 0 Å². The highest BCUT2D eigenvalue weighted by Gasteiger charge is 2.06. The second-order valence-corrected chi connectivity index (χ2v) is 3.40. The van der Waals surface area contributed by atoms with Gasteiger partial charge >= 0.3 is 0 Å². The summed E-state index contributed by atoms with van der Waals surface area (Å²) >= 11 is 0. The highest BCUT2D eigenvalue weighted by molar-refractivity contribution is 5.76. The van der Waals surface area contributed by atoms with Crippen LogP contribution in [0.2, 0.25) is 0 Å². The number of amides is 1. The zero-order chi connectivity index (χ0) is 10.3. The molecule has 0 aromatic heterocycles. The second kappa shape index (κ2) is 6.86. The normalized spacial score (nSPS) is 13.2. The van der Waals surface area contributed by atoms with Gasteiger partial charge in [0.1, 0.15) is 0 Å². The third-order valence-electron chi connectivity index (χ3n) is 2.15. The van der Waals surface area contributed by atoms with Crippen LogP contribution in [-0.4, -0.2) is 44.0 Å². The molecule has 0 spiro atoms. The van der Waals surface area contributed by atoms with Gasteiger partial charge < -0.3 is 16.0 Å². The largest absolute Gasteiger partial charge is 0.369 e. The lowest BCUT2D eigenvalue weighted by molar-refractivity contribution is -0.121. The van der Waals surface area contributed by atoms with Crippen LogP contribution in [0.4, 0.5) is 0 Å². The lowest BCUT2D eigenvalue weighted by Gasteiger charge is -2.15. The molecule has 0 saturated heterocycles. The second-order valence-electron chi connectivity index (χ2n) is 3.40. The van der Waals surface area contributed by atoms with Crippen LogP contribution in [0.5, 0.6) is 0 Å². The van der Waals surface area contributed by atoms with Gasteiger partial charge in [-0.25, -0.2) is 0 Å². The van der Waals surface area contributed by atoms with Crippen LogP contribution >= 0.6 is 0 Å². The molecule has 0 fully saturated rings. The molecule has 4 heteroatoms. The average Bonchev–Trinajstić information content (AvgIpc) is 2.11. The molecule has 0 rings (SSSR count). The molecular formula is C9H21N3O. The van der Waals surface area contributed by atoms with Crippen molar-refractivity contribution in [3.05, 3.63) is 0 Å². The summed E-state index contributed by atoms with van der Waals surface area (Å²) in [5.41, 5.74) is 5.11. The van der Waals surface area contributed by atoms with Crippen molar-refractivity contribution in [2.24, 2.45) is 11.7 Å². The fraction of sp³-hybridized carbons (Fsp3) is 0.889. The van der Waals surface area contributed by atoms with Crippen molar-refractivity contribution >= 4 is 5.91 Å². The molecule has 3 N–H and O–H groups in total. The number of hydrogen-bond acceptors (Lipinski definition) is 3. The Bertz CT molecular complexity index is 150. The number of likely N-dealkylation sites (N-methyl/N-ethyl adjacent to an activating group) is 1. The van der Waals surface area contributed by atoms with Crippen LogP contribution in [0.15, 0.2) is 0 Å². The van der Waals surface area contributed by atoms with E-state index in [1.165, 1.54) is 0 Å².